The molecule has 0 aromatic heterocycles. The number of non-ortho nitro benzene ring substituents is 1. The van der Waals surface area contributed by atoms with Crippen molar-refractivity contribution >= 4 is 17.5 Å². The highest BCUT2D eigenvalue weighted by atomic mass is 16.6. The Bertz CT molecular complexity index is 427. The summed E-state index contributed by atoms with van der Waals surface area (Å²) in [6, 6.07) is 5.53. The fourth-order valence-electron chi connectivity index (χ4n) is 0.941. The molecule has 0 fully saturated rings. The van der Waals surface area contributed by atoms with Gasteiger partial charge in [0.1, 0.15) is 6.61 Å². The van der Waals surface area contributed by atoms with Crippen LogP contribution in [0.5, 0.6) is 0 Å². The van der Waals surface area contributed by atoms with Crippen molar-refractivity contribution < 1.29 is 14.5 Å². The zero-order valence-electron chi connectivity index (χ0n) is 8.17. The van der Waals surface area contributed by atoms with Gasteiger partial charge in [-0.3, -0.25) is 15.5 Å². The van der Waals surface area contributed by atoms with Crippen LogP contribution in [-0.4, -0.2) is 16.7 Å². The first kappa shape index (κ1) is 11.6. The van der Waals surface area contributed by atoms with E-state index in [-0.39, 0.29) is 12.3 Å². The van der Waals surface area contributed by atoms with Crippen molar-refractivity contribution in [2.24, 2.45) is 5.73 Å². The van der Waals surface area contributed by atoms with E-state index in [1.165, 1.54) is 24.3 Å². The largest absolute Gasteiger partial charge is 0.455 e. The standard InChI is InChI=1S/C9H9N3O4/c10-8(11)9(13)16-5-6-1-3-7(4-2-6)12(14)15/h1-4H,5H2,(H3,10,11). The summed E-state index contributed by atoms with van der Waals surface area (Å²) in [6.45, 7) is -0.0730. The van der Waals surface area contributed by atoms with Crippen LogP contribution in [0.2, 0.25) is 0 Å². The van der Waals surface area contributed by atoms with E-state index < -0.39 is 16.7 Å². The van der Waals surface area contributed by atoms with Crippen LogP contribution in [0, 0.1) is 15.5 Å². The van der Waals surface area contributed by atoms with Crippen LogP contribution in [-0.2, 0) is 16.1 Å². The summed E-state index contributed by atoms with van der Waals surface area (Å²) >= 11 is 0. The third kappa shape index (κ3) is 3.05. The number of nitrogens with zero attached hydrogens (tertiary/aromatic N) is 1. The fourth-order valence-corrected chi connectivity index (χ4v) is 0.941. The number of hydrogen-bond donors (Lipinski definition) is 2. The van der Waals surface area contributed by atoms with E-state index >= 15 is 0 Å². The third-order valence-corrected chi connectivity index (χ3v) is 1.74. The first-order valence-corrected chi connectivity index (χ1v) is 4.25. The minimum Gasteiger partial charge on any atom is -0.455 e. The summed E-state index contributed by atoms with van der Waals surface area (Å²) in [6.07, 6.45) is 0. The Hall–Kier alpha value is -2.44. The lowest BCUT2D eigenvalue weighted by Crippen LogP contribution is -2.24. The van der Waals surface area contributed by atoms with Gasteiger partial charge in [-0.25, -0.2) is 4.79 Å². The number of benzene rings is 1. The minimum absolute atomic E-state index is 0.0401. The molecule has 1 rings (SSSR count). The van der Waals surface area contributed by atoms with E-state index in [1.54, 1.807) is 0 Å². The van der Waals surface area contributed by atoms with E-state index in [0.29, 0.717) is 5.56 Å². The molecule has 0 spiro atoms. The van der Waals surface area contributed by atoms with Crippen LogP contribution < -0.4 is 5.73 Å². The topological polar surface area (TPSA) is 119 Å². The molecule has 16 heavy (non-hydrogen) atoms. The minimum atomic E-state index is -0.918. The lowest BCUT2D eigenvalue weighted by atomic mass is 10.2. The summed E-state index contributed by atoms with van der Waals surface area (Å²) in [5.74, 6) is -1.60. The molecule has 0 aliphatic carbocycles. The zero-order chi connectivity index (χ0) is 12.1. The van der Waals surface area contributed by atoms with Crippen LogP contribution in [0.4, 0.5) is 5.69 Å². The van der Waals surface area contributed by atoms with Gasteiger partial charge < -0.3 is 10.5 Å². The maximum Gasteiger partial charge on any atom is 0.373 e. The molecule has 0 bridgehead atoms. The smallest absolute Gasteiger partial charge is 0.373 e. The molecule has 0 saturated heterocycles. The monoisotopic (exact) mass is 223 g/mol. The molecule has 84 valence electrons. The van der Waals surface area contributed by atoms with Crippen molar-refractivity contribution in [2.75, 3.05) is 0 Å². The second kappa shape index (κ2) is 4.87. The number of nitro benzene ring substituents is 1. The van der Waals surface area contributed by atoms with Crippen molar-refractivity contribution in [3.8, 4) is 0 Å². The summed E-state index contributed by atoms with van der Waals surface area (Å²) in [4.78, 5) is 20.6. The summed E-state index contributed by atoms with van der Waals surface area (Å²) in [7, 11) is 0. The molecular formula is C9H9N3O4. The molecule has 7 heteroatoms. The predicted molar refractivity (Wildman–Crippen MR) is 54.8 cm³/mol. The van der Waals surface area contributed by atoms with Gasteiger partial charge >= 0.3 is 5.97 Å². The lowest BCUT2D eigenvalue weighted by Gasteiger charge is -2.02. The number of hydrogen-bond acceptors (Lipinski definition) is 5. The van der Waals surface area contributed by atoms with E-state index in [9.17, 15) is 14.9 Å². The van der Waals surface area contributed by atoms with Crippen LogP contribution in [0.15, 0.2) is 24.3 Å². The molecule has 7 nitrogen and oxygen atoms in total. The van der Waals surface area contributed by atoms with Crippen molar-refractivity contribution in [1.29, 1.82) is 5.41 Å². The molecule has 0 aliphatic heterocycles. The maximum absolute atomic E-state index is 10.8. The Labute approximate surface area is 90.5 Å². The van der Waals surface area contributed by atoms with Gasteiger partial charge in [-0.05, 0) is 17.7 Å². The number of ether oxygens (including phenoxy) is 1. The van der Waals surface area contributed by atoms with Gasteiger partial charge in [0.25, 0.3) is 5.69 Å². The molecule has 3 N–H and O–H groups in total. The fraction of sp³-hybridized carbons (Fsp3) is 0.111. The van der Waals surface area contributed by atoms with E-state index in [1.807, 2.05) is 0 Å². The van der Waals surface area contributed by atoms with Gasteiger partial charge in [-0.1, -0.05) is 0 Å². The Morgan fingerprint density at radius 1 is 1.44 bits per heavy atom. The van der Waals surface area contributed by atoms with Crippen LogP contribution in [0.3, 0.4) is 0 Å². The quantitative estimate of drug-likeness (QED) is 0.255. The molecule has 0 saturated carbocycles. The normalized spacial score (nSPS) is 9.50. The Kier molecular flexibility index (Phi) is 3.54. The van der Waals surface area contributed by atoms with Crippen LogP contribution >= 0.6 is 0 Å². The molecule has 1 aromatic rings. The number of carbonyl (C=O) groups is 1. The number of carbonyl (C=O) groups excluding carboxylic acids is 1. The summed E-state index contributed by atoms with van der Waals surface area (Å²) in [5, 5.41) is 17.1. The molecule has 1 aromatic carbocycles. The lowest BCUT2D eigenvalue weighted by molar-refractivity contribution is -0.384. The molecule has 0 aliphatic rings. The van der Waals surface area contributed by atoms with Crippen molar-refractivity contribution in [3.05, 3.63) is 39.9 Å². The van der Waals surface area contributed by atoms with Crippen molar-refractivity contribution in [3.63, 3.8) is 0 Å². The SMILES string of the molecule is N=C(N)C(=O)OCc1ccc([N+](=O)[O-])cc1. The molecule has 0 heterocycles. The van der Waals surface area contributed by atoms with Gasteiger partial charge in [0.15, 0.2) is 0 Å². The van der Waals surface area contributed by atoms with E-state index in [4.69, 9.17) is 11.1 Å². The average Bonchev–Trinajstić information content (AvgIpc) is 2.26. The van der Waals surface area contributed by atoms with Gasteiger partial charge in [0, 0.05) is 12.1 Å². The highest BCUT2D eigenvalue weighted by molar-refractivity contribution is 6.33. The van der Waals surface area contributed by atoms with Gasteiger partial charge in [-0.2, -0.15) is 0 Å². The van der Waals surface area contributed by atoms with E-state index in [2.05, 4.69) is 4.74 Å². The second-order valence-electron chi connectivity index (χ2n) is 2.91. The number of nitro groups is 1. The molecule has 0 atom stereocenters. The Balaban J connectivity index is 2.59. The van der Waals surface area contributed by atoms with Crippen molar-refractivity contribution in [1.82, 2.24) is 0 Å². The number of amidine groups is 1. The molecule has 0 unspecified atom stereocenters. The Morgan fingerprint density at radius 3 is 2.44 bits per heavy atom. The number of esters is 1. The van der Waals surface area contributed by atoms with E-state index in [0.717, 1.165) is 0 Å². The zero-order valence-corrected chi connectivity index (χ0v) is 8.17. The average molecular weight is 223 g/mol. The number of nitrogens with one attached hydrogen (secondary N) is 1. The van der Waals surface area contributed by atoms with Gasteiger partial charge in [0.05, 0.1) is 4.92 Å². The summed E-state index contributed by atoms with van der Waals surface area (Å²) in [5.41, 5.74) is 5.43. The van der Waals surface area contributed by atoms with Gasteiger partial charge in [-0.15, -0.1) is 0 Å². The third-order valence-electron chi connectivity index (χ3n) is 1.74. The van der Waals surface area contributed by atoms with Crippen molar-refractivity contribution in [2.45, 2.75) is 6.61 Å². The highest BCUT2D eigenvalue weighted by Crippen LogP contribution is 2.12. The number of rotatable bonds is 3. The maximum atomic E-state index is 10.8. The van der Waals surface area contributed by atoms with Crippen LogP contribution in [0.1, 0.15) is 5.56 Å². The Morgan fingerprint density at radius 2 is 2.00 bits per heavy atom. The second-order valence-corrected chi connectivity index (χ2v) is 2.91. The van der Waals surface area contributed by atoms with Gasteiger partial charge in [0.2, 0.25) is 5.84 Å². The first-order chi connectivity index (χ1) is 7.50. The highest BCUT2D eigenvalue weighted by Gasteiger charge is 2.08. The molecular weight excluding hydrogens is 214 g/mol. The number of nitrogens with two attached hydrogens (primary N) is 1. The summed E-state index contributed by atoms with van der Waals surface area (Å²) < 4.78 is 4.63. The van der Waals surface area contributed by atoms with Crippen LogP contribution in [0.25, 0.3) is 0 Å². The predicted octanol–water partition coefficient (Wildman–Crippen LogP) is 0.574. The first-order valence-electron chi connectivity index (χ1n) is 4.25. The molecule has 0 radical (unpaired) electrons. The molecule has 0 amide bonds.